The summed E-state index contributed by atoms with van der Waals surface area (Å²) >= 11 is 1.26. The number of unbranched alkanes of at least 4 members (excludes halogenated alkanes) is 1. The summed E-state index contributed by atoms with van der Waals surface area (Å²) in [5, 5.41) is 18.2. The Balaban J connectivity index is 1.17. The second-order valence-corrected chi connectivity index (χ2v) is 17.7. The quantitative estimate of drug-likeness (QED) is 0.0826. The Hall–Kier alpha value is -5.15. The molecule has 318 valence electrons. The number of hydrogen-bond donors (Lipinski definition) is 4. The Morgan fingerprint density at radius 1 is 0.966 bits per heavy atom. The molecule has 3 aromatic heterocycles. The molecule has 1 saturated heterocycles. The number of nitrogens with zero attached hydrogens (tertiary/aromatic N) is 5. The van der Waals surface area contributed by atoms with Gasteiger partial charge in [0.25, 0.3) is 0 Å². The number of pyridine rings is 2. The largest absolute Gasteiger partial charge is 0.480 e. The average Bonchev–Trinajstić information content (AvgIpc) is 3.69. The van der Waals surface area contributed by atoms with E-state index in [4.69, 9.17) is 9.47 Å². The van der Waals surface area contributed by atoms with Crippen LogP contribution in [0.5, 0.6) is 0 Å². The van der Waals surface area contributed by atoms with Gasteiger partial charge in [-0.25, -0.2) is 27.6 Å². The molecule has 4 N–H and O–H groups in total. The van der Waals surface area contributed by atoms with Gasteiger partial charge in [-0.05, 0) is 62.2 Å². The molecule has 3 amide bonds. The maximum absolute atomic E-state index is 13.7. The highest BCUT2D eigenvalue weighted by atomic mass is 32.2. The Bertz CT molecular complexity index is 2250. The molecular weight excluding hydrogens is 805 g/mol. The first-order valence-electron chi connectivity index (χ1n) is 19.2. The number of aliphatic carboxylic acids is 1. The predicted molar refractivity (Wildman–Crippen MR) is 219 cm³/mol. The third-order valence-electron chi connectivity index (χ3n) is 9.51. The van der Waals surface area contributed by atoms with E-state index in [1.54, 1.807) is 50.2 Å². The highest BCUT2D eigenvalue weighted by Crippen LogP contribution is 2.42. The molecule has 0 bridgehead atoms. The van der Waals surface area contributed by atoms with Crippen molar-refractivity contribution in [3.8, 4) is 5.69 Å². The number of benzene rings is 1. The molecule has 1 aliphatic heterocycles. The lowest BCUT2D eigenvalue weighted by Crippen LogP contribution is -2.56. The van der Waals surface area contributed by atoms with Gasteiger partial charge in [-0.15, -0.1) is 11.8 Å². The zero-order valence-corrected chi connectivity index (χ0v) is 34.8. The van der Waals surface area contributed by atoms with E-state index in [0.29, 0.717) is 35.6 Å². The van der Waals surface area contributed by atoms with Crippen molar-refractivity contribution >= 4 is 56.6 Å². The van der Waals surface area contributed by atoms with Gasteiger partial charge in [0.1, 0.15) is 23.5 Å². The summed E-state index contributed by atoms with van der Waals surface area (Å²) in [6, 6.07) is 10.0. The zero-order valence-electron chi connectivity index (χ0n) is 33.2. The van der Waals surface area contributed by atoms with Crippen LogP contribution in [0.2, 0.25) is 0 Å². The Morgan fingerprint density at radius 3 is 2.37 bits per heavy atom. The van der Waals surface area contributed by atoms with E-state index in [2.05, 4.69) is 32.8 Å². The lowest BCUT2D eigenvalue weighted by molar-refractivity contribution is -0.142. The van der Waals surface area contributed by atoms with Crippen LogP contribution in [0, 0.1) is 0 Å². The highest BCUT2D eigenvalue weighted by Gasteiger charge is 2.51. The van der Waals surface area contributed by atoms with Crippen molar-refractivity contribution in [1.29, 1.82) is 0 Å². The molecule has 2 atom stereocenters. The third-order valence-corrected chi connectivity index (χ3v) is 12.8. The number of sulfonamides is 1. The summed E-state index contributed by atoms with van der Waals surface area (Å²) in [4.78, 5) is 72.7. The molecule has 18 nitrogen and oxygen atoms in total. The lowest BCUT2D eigenvalue weighted by Gasteiger charge is -2.30. The van der Waals surface area contributed by atoms with Crippen LogP contribution in [0.15, 0.2) is 76.8 Å². The van der Waals surface area contributed by atoms with Gasteiger partial charge in [0, 0.05) is 49.3 Å². The summed E-state index contributed by atoms with van der Waals surface area (Å²) < 4.78 is 40.8. The SMILES string of the molecule is CCCCNC(=O)CCOCCOCCNC(=O)Cn1c(=O)n(-c2ccc(C[C@H](NC(=O)[C@H]3N(S(=O)(=O)c4cccnc4)CSC3(C)C)C(=O)O)cc2)c2ncccc21. The van der Waals surface area contributed by atoms with Gasteiger partial charge in [-0.2, -0.15) is 4.31 Å². The number of fused-ring (bicyclic) bond motifs is 1. The molecule has 4 heterocycles. The lowest BCUT2D eigenvalue weighted by atomic mass is 10.0. The molecule has 0 radical (unpaired) electrons. The predicted octanol–water partition coefficient (Wildman–Crippen LogP) is 1.69. The fraction of sp³-hybridized carbons (Fsp3) is 0.462. The van der Waals surface area contributed by atoms with Gasteiger partial charge in [-0.1, -0.05) is 25.5 Å². The molecule has 4 aromatic rings. The number of carbonyl (C=O) groups excluding carboxylic acids is 3. The summed E-state index contributed by atoms with van der Waals surface area (Å²) in [6.07, 6.45) is 6.23. The van der Waals surface area contributed by atoms with E-state index in [-0.39, 0.29) is 62.4 Å². The molecule has 0 saturated carbocycles. The Kier molecular flexibility index (Phi) is 15.8. The van der Waals surface area contributed by atoms with E-state index in [1.165, 1.54) is 51.6 Å². The number of amides is 3. The average molecular weight is 855 g/mol. The van der Waals surface area contributed by atoms with Crippen molar-refractivity contribution in [2.75, 3.05) is 45.4 Å². The van der Waals surface area contributed by atoms with Gasteiger partial charge in [-0.3, -0.25) is 23.9 Å². The summed E-state index contributed by atoms with van der Waals surface area (Å²) in [5.41, 5.74) is 1.13. The monoisotopic (exact) mass is 854 g/mol. The number of rotatable bonds is 22. The molecule has 1 aromatic carbocycles. The number of thioether (sulfide) groups is 1. The minimum atomic E-state index is -4.12. The molecular formula is C39H50N8O10S2. The normalized spacial score (nSPS) is 15.8. The summed E-state index contributed by atoms with van der Waals surface area (Å²) in [6.45, 7) is 7.17. The van der Waals surface area contributed by atoms with Crippen LogP contribution in [-0.2, 0) is 51.6 Å². The number of nitrogens with one attached hydrogen (secondary N) is 3. The molecule has 59 heavy (non-hydrogen) atoms. The maximum atomic E-state index is 13.7. The van der Waals surface area contributed by atoms with Crippen LogP contribution < -0.4 is 21.6 Å². The van der Waals surface area contributed by atoms with Gasteiger partial charge in [0.15, 0.2) is 5.65 Å². The number of carboxylic acids is 1. The van der Waals surface area contributed by atoms with Crippen LogP contribution in [0.3, 0.4) is 0 Å². The first kappa shape index (κ1) is 44.9. The van der Waals surface area contributed by atoms with Crippen molar-refractivity contribution in [3.05, 3.63) is 83.2 Å². The molecule has 0 unspecified atom stereocenters. The van der Waals surface area contributed by atoms with Crippen LogP contribution in [0.4, 0.5) is 0 Å². The van der Waals surface area contributed by atoms with Crippen LogP contribution in [-0.4, -0.2) is 123 Å². The van der Waals surface area contributed by atoms with Crippen molar-refractivity contribution < 1.29 is 42.2 Å². The molecule has 5 rings (SSSR count). The molecule has 0 spiro atoms. The topological polar surface area (TPSA) is 233 Å². The van der Waals surface area contributed by atoms with Crippen LogP contribution in [0.25, 0.3) is 16.9 Å². The van der Waals surface area contributed by atoms with Crippen LogP contribution in [0.1, 0.15) is 45.6 Å². The number of hydrogen-bond acceptors (Lipinski definition) is 12. The van der Waals surface area contributed by atoms with Gasteiger partial charge >= 0.3 is 11.7 Å². The van der Waals surface area contributed by atoms with E-state index < -0.39 is 50.3 Å². The second kappa shape index (κ2) is 20.7. The summed E-state index contributed by atoms with van der Waals surface area (Å²) in [7, 11) is -4.12. The van der Waals surface area contributed by atoms with E-state index >= 15 is 0 Å². The molecule has 20 heteroatoms. The van der Waals surface area contributed by atoms with Gasteiger partial charge < -0.3 is 30.5 Å². The van der Waals surface area contributed by atoms with E-state index in [9.17, 15) is 37.5 Å². The highest BCUT2D eigenvalue weighted by molar-refractivity contribution is 8.02. The van der Waals surface area contributed by atoms with E-state index in [0.717, 1.165) is 17.1 Å². The van der Waals surface area contributed by atoms with E-state index in [1.807, 2.05) is 0 Å². The van der Waals surface area contributed by atoms with Gasteiger partial charge in [0.2, 0.25) is 27.7 Å². The van der Waals surface area contributed by atoms with Crippen molar-refractivity contribution in [2.24, 2.45) is 0 Å². The fourth-order valence-corrected chi connectivity index (χ4v) is 9.53. The molecule has 0 aliphatic carbocycles. The number of imidazole rings is 1. The third kappa shape index (κ3) is 11.5. The smallest absolute Gasteiger partial charge is 0.335 e. The van der Waals surface area contributed by atoms with Crippen LogP contribution >= 0.6 is 11.8 Å². The molecule has 1 aliphatic rings. The Morgan fingerprint density at radius 2 is 1.68 bits per heavy atom. The summed E-state index contributed by atoms with van der Waals surface area (Å²) in [5.74, 6) is -2.54. The van der Waals surface area contributed by atoms with Crippen molar-refractivity contribution in [2.45, 2.75) is 74.7 Å². The number of carboxylic acid groups (broad SMARTS) is 1. The maximum Gasteiger partial charge on any atom is 0.335 e. The minimum absolute atomic E-state index is 0.00773. The first-order valence-corrected chi connectivity index (χ1v) is 21.6. The number of carbonyl (C=O) groups is 4. The fourth-order valence-electron chi connectivity index (χ4n) is 6.40. The zero-order chi connectivity index (χ0) is 42.6. The standard InChI is InChI=1S/C39H50N8O10S2/c1-4-5-16-41-32(48)14-19-56-21-22-57-20-18-42-33(49)25-45-31-9-7-17-43-35(31)47(38(45)53)28-12-10-27(11-13-28)23-30(37(51)52)44-36(50)34-39(2,3)58-26-46(34)59(54,55)29-8-6-15-40-24-29/h6-13,15,17,24,30,34H,4-5,14,16,18-23,25-26H2,1-3H3,(H,41,48)(H,42,49)(H,44,50)(H,51,52)/t30-,34+/m0/s1. The Labute approximate surface area is 346 Å². The minimum Gasteiger partial charge on any atom is -0.480 e. The van der Waals surface area contributed by atoms with Gasteiger partial charge in [0.05, 0.1) is 43.5 Å². The first-order chi connectivity index (χ1) is 28.2. The second-order valence-electron chi connectivity index (χ2n) is 14.2. The number of aromatic nitrogens is 4. The van der Waals surface area contributed by atoms with Crippen molar-refractivity contribution in [1.82, 2.24) is 39.4 Å². The molecule has 1 fully saturated rings. The van der Waals surface area contributed by atoms with Crippen molar-refractivity contribution in [3.63, 3.8) is 0 Å². The number of ether oxygens (including phenoxy) is 2.